The van der Waals surface area contributed by atoms with E-state index in [0.29, 0.717) is 0 Å². The molecule has 0 unspecified atom stereocenters. The minimum atomic E-state index is 1.16. The lowest BCUT2D eigenvalue weighted by molar-refractivity contribution is 0.329. The fourth-order valence-corrected chi connectivity index (χ4v) is 2.08. The van der Waals surface area contributed by atoms with Gasteiger partial charge in [-0.05, 0) is 79.0 Å². The van der Waals surface area contributed by atoms with Gasteiger partial charge in [-0.3, -0.25) is 0 Å². The van der Waals surface area contributed by atoms with E-state index in [0.717, 1.165) is 6.54 Å². The highest BCUT2D eigenvalue weighted by Crippen LogP contribution is 2.06. The molecular weight excluding hydrogens is 186 g/mol. The number of hydrogen-bond acceptors (Lipinski definition) is 3. The van der Waals surface area contributed by atoms with Crippen LogP contribution in [0.5, 0.6) is 0 Å². The molecule has 15 heavy (non-hydrogen) atoms. The van der Waals surface area contributed by atoms with Crippen LogP contribution in [0.15, 0.2) is 0 Å². The van der Waals surface area contributed by atoms with E-state index < -0.39 is 0 Å². The van der Waals surface area contributed by atoms with Crippen LogP contribution in [-0.4, -0.2) is 63.2 Å². The van der Waals surface area contributed by atoms with Crippen LogP contribution in [0.4, 0.5) is 0 Å². The first-order valence-corrected chi connectivity index (χ1v) is 6.37. The van der Waals surface area contributed by atoms with Gasteiger partial charge in [-0.2, -0.15) is 0 Å². The maximum Gasteiger partial charge on any atom is -0.000664 e. The van der Waals surface area contributed by atoms with E-state index in [1.807, 2.05) is 0 Å². The second-order valence-corrected chi connectivity index (χ2v) is 4.81. The average molecular weight is 213 g/mol. The zero-order chi connectivity index (χ0) is 10.9. The first-order valence-electron chi connectivity index (χ1n) is 6.37. The summed E-state index contributed by atoms with van der Waals surface area (Å²) in [5.74, 6) is 0. The molecular formula is C12H27N3. The first-order chi connectivity index (χ1) is 7.29. The highest BCUT2D eigenvalue weighted by Gasteiger charge is 2.09. The van der Waals surface area contributed by atoms with Crippen molar-refractivity contribution in [1.29, 1.82) is 0 Å². The van der Waals surface area contributed by atoms with Gasteiger partial charge in [0.15, 0.2) is 0 Å². The minimum Gasteiger partial charge on any atom is -0.317 e. The second-order valence-electron chi connectivity index (χ2n) is 4.81. The molecule has 0 saturated carbocycles. The largest absolute Gasteiger partial charge is 0.317 e. The Morgan fingerprint density at radius 3 is 2.40 bits per heavy atom. The van der Waals surface area contributed by atoms with Gasteiger partial charge in [0.2, 0.25) is 0 Å². The molecule has 1 aliphatic rings. The van der Waals surface area contributed by atoms with Crippen LogP contribution in [-0.2, 0) is 0 Å². The van der Waals surface area contributed by atoms with Crippen molar-refractivity contribution in [3.05, 3.63) is 0 Å². The fraction of sp³-hybridized carbons (Fsp3) is 1.00. The Balaban J connectivity index is 1.76. The van der Waals surface area contributed by atoms with E-state index in [9.17, 15) is 0 Å². The van der Waals surface area contributed by atoms with E-state index in [-0.39, 0.29) is 0 Å². The Hall–Kier alpha value is -0.120. The highest BCUT2D eigenvalue weighted by atomic mass is 15.1. The van der Waals surface area contributed by atoms with Crippen molar-refractivity contribution in [2.75, 3.05) is 53.4 Å². The normalized spacial score (nSPS) is 17.8. The summed E-state index contributed by atoms with van der Waals surface area (Å²) in [7, 11) is 4.26. The zero-order valence-corrected chi connectivity index (χ0v) is 10.5. The lowest BCUT2D eigenvalue weighted by Gasteiger charge is -2.14. The van der Waals surface area contributed by atoms with Crippen LogP contribution in [0.2, 0.25) is 0 Å². The van der Waals surface area contributed by atoms with Crippen LogP contribution in [0, 0.1) is 0 Å². The molecule has 0 aromatic rings. The summed E-state index contributed by atoms with van der Waals surface area (Å²) in [5, 5.41) is 3.51. The quantitative estimate of drug-likeness (QED) is 0.607. The molecule has 0 atom stereocenters. The Bertz CT molecular complexity index is 142. The van der Waals surface area contributed by atoms with E-state index in [4.69, 9.17) is 0 Å². The Kier molecular flexibility index (Phi) is 6.98. The summed E-state index contributed by atoms with van der Waals surface area (Å²) in [6, 6.07) is 0. The van der Waals surface area contributed by atoms with Crippen LogP contribution < -0.4 is 5.32 Å². The second kappa shape index (κ2) is 8.08. The van der Waals surface area contributed by atoms with Gasteiger partial charge in [0.1, 0.15) is 0 Å². The molecule has 3 heteroatoms. The summed E-state index contributed by atoms with van der Waals surface area (Å²) in [6.07, 6.45) is 5.39. The highest BCUT2D eigenvalue weighted by molar-refractivity contribution is 4.66. The van der Waals surface area contributed by atoms with Crippen LogP contribution in [0.1, 0.15) is 25.7 Å². The summed E-state index contributed by atoms with van der Waals surface area (Å²) in [5.41, 5.74) is 0. The Morgan fingerprint density at radius 2 is 1.73 bits per heavy atom. The van der Waals surface area contributed by atoms with Gasteiger partial charge in [0, 0.05) is 0 Å². The Labute approximate surface area is 94.8 Å². The molecule has 1 fully saturated rings. The third kappa shape index (κ3) is 6.88. The third-order valence-electron chi connectivity index (χ3n) is 2.99. The lowest BCUT2D eigenvalue weighted by atomic mass is 10.3. The smallest absolute Gasteiger partial charge is 0.000664 e. The van der Waals surface area contributed by atoms with Crippen molar-refractivity contribution in [3.8, 4) is 0 Å². The van der Waals surface area contributed by atoms with Gasteiger partial charge in [-0.1, -0.05) is 0 Å². The third-order valence-corrected chi connectivity index (χ3v) is 2.99. The van der Waals surface area contributed by atoms with Gasteiger partial charge in [0.05, 0.1) is 0 Å². The predicted molar refractivity (Wildman–Crippen MR) is 66.3 cm³/mol. The van der Waals surface area contributed by atoms with Gasteiger partial charge in [0.25, 0.3) is 0 Å². The van der Waals surface area contributed by atoms with Crippen molar-refractivity contribution in [2.24, 2.45) is 0 Å². The van der Waals surface area contributed by atoms with Gasteiger partial charge < -0.3 is 15.1 Å². The molecule has 90 valence electrons. The number of nitrogens with one attached hydrogen (secondary N) is 1. The maximum atomic E-state index is 3.51. The molecule has 1 heterocycles. The average Bonchev–Trinajstić information content (AvgIpc) is 2.68. The zero-order valence-electron chi connectivity index (χ0n) is 10.5. The molecule has 0 amide bonds. The summed E-state index contributed by atoms with van der Waals surface area (Å²) in [6.45, 7) is 7.50. The van der Waals surface area contributed by atoms with Crippen LogP contribution >= 0.6 is 0 Å². The molecule has 1 rings (SSSR count). The molecule has 0 radical (unpaired) electrons. The van der Waals surface area contributed by atoms with Crippen molar-refractivity contribution in [1.82, 2.24) is 15.1 Å². The molecule has 1 saturated heterocycles. The SMILES string of the molecule is CN(C)CCCNCCCN1CCCC1. The molecule has 1 N–H and O–H groups in total. The predicted octanol–water partition coefficient (Wildman–Crippen LogP) is 1.01. The van der Waals surface area contributed by atoms with Gasteiger partial charge in [-0.25, -0.2) is 0 Å². The number of rotatable bonds is 8. The molecule has 0 aliphatic carbocycles. The van der Waals surface area contributed by atoms with E-state index in [1.165, 1.54) is 58.4 Å². The topological polar surface area (TPSA) is 18.5 Å². The number of nitrogens with zero attached hydrogens (tertiary/aromatic N) is 2. The van der Waals surface area contributed by atoms with Crippen LogP contribution in [0.3, 0.4) is 0 Å². The van der Waals surface area contributed by atoms with Crippen molar-refractivity contribution >= 4 is 0 Å². The lowest BCUT2D eigenvalue weighted by Crippen LogP contribution is -2.26. The van der Waals surface area contributed by atoms with Crippen molar-refractivity contribution in [2.45, 2.75) is 25.7 Å². The summed E-state index contributed by atoms with van der Waals surface area (Å²) < 4.78 is 0. The minimum absolute atomic E-state index is 1.16. The number of likely N-dealkylation sites (tertiary alicyclic amines) is 1. The number of hydrogen-bond donors (Lipinski definition) is 1. The summed E-state index contributed by atoms with van der Waals surface area (Å²) >= 11 is 0. The first kappa shape index (κ1) is 12.9. The van der Waals surface area contributed by atoms with E-state index >= 15 is 0 Å². The molecule has 3 nitrogen and oxygen atoms in total. The fourth-order valence-electron chi connectivity index (χ4n) is 2.08. The standard InChI is InChI=1S/C12H27N3/c1-14(2)9-5-7-13-8-6-12-15-10-3-4-11-15/h13H,3-12H2,1-2H3. The van der Waals surface area contributed by atoms with Gasteiger partial charge >= 0.3 is 0 Å². The molecule has 0 aromatic heterocycles. The van der Waals surface area contributed by atoms with Gasteiger partial charge in [-0.15, -0.1) is 0 Å². The van der Waals surface area contributed by atoms with Crippen molar-refractivity contribution < 1.29 is 0 Å². The maximum absolute atomic E-state index is 3.51. The van der Waals surface area contributed by atoms with E-state index in [1.54, 1.807) is 0 Å². The monoisotopic (exact) mass is 213 g/mol. The van der Waals surface area contributed by atoms with Crippen molar-refractivity contribution in [3.63, 3.8) is 0 Å². The van der Waals surface area contributed by atoms with E-state index in [2.05, 4.69) is 29.2 Å². The molecule has 1 aliphatic heterocycles. The molecule has 0 bridgehead atoms. The Morgan fingerprint density at radius 1 is 1.07 bits per heavy atom. The molecule has 0 spiro atoms. The summed E-state index contributed by atoms with van der Waals surface area (Å²) in [4.78, 5) is 4.83. The molecule has 0 aromatic carbocycles. The van der Waals surface area contributed by atoms with Crippen LogP contribution in [0.25, 0.3) is 0 Å².